The van der Waals surface area contributed by atoms with E-state index in [0.717, 1.165) is 39.9 Å². The number of furan rings is 1. The van der Waals surface area contributed by atoms with Crippen molar-refractivity contribution in [2.75, 3.05) is 0 Å². The van der Waals surface area contributed by atoms with Crippen LogP contribution < -0.4 is 0 Å². The van der Waals surface area contributed by atoms with E-state index in [-0.39, 0.29) is 22.4 Å². The van der Waals surface area contributed by atoms with E-state index >= 15 is 0 Å². The summed E-state index contributed by atoms with van der Waals surface area (Å²) >= 11 is 0. The number of benzene rings is 4. The smallest absolute Gasteiger partial charge is 0.416 e. The average molecular weight is 474 g/mol. The quantitative estimate of drug-likeness (QED) is 0.251. The third-order valence-corrected chi connectivity index (χ3v) is 6.21. The molecule has 2 aromatic heterocycles. The molecule has 0 saturated heterocycles. The molecule has 0 saturated carbocycles. The van der Waals surface area contributed by atoms with Crippen LogP contribution in [0.1, 0.15) is 24.9 Å². The number of para-hydroxylation sites is 1. The lowest BCUT2D eigenvalue weighted by molar-refractivity contribution is -0.137. The zero-order chi connectivity index (χ0) is 29.3. The summed E-state index contributed by atoms with van der Waals surface area (Å²) in [6.07, 6.45) is -3.66. The van der Waals surface area contributed by atoms with E-state index in [1.54, 1.807) is 12.1 Å². The van der Waals surface area contributed by atoms with Crippen LogP contribution in [-0.4, -0.2) is 4.98 Å². The molecule has 4 aromatic carbocycles. The highest BCUT2D eigenvalue weighted by molar-refractivity contribution is 6.17. The topological polar surface area (TPSA) is 26.0 Å². The molecule has 35 heavy (non-hydrogen) atoms. The number of halogens is 3. The largest absolute Gasteiger partial charge is 0.455 e. The maximum atomic E-state index is 13.5. The molecule has 0 aliphatic heterocycles. The van der Waals surface area contributed by atoms with E-state index in [1.165, 1.54) is 6.07 Å². The summed E-state index contributed by atoms with van der Waals surface area (Å²) in [6, 6.07) is 20.8. The average Bonchev–Trinajstić information content (AvgIpc) is 3.30. The van der Waals surface area contributed by atoms with Gasteiger partial charge in [-0.2, -0.15) is 13.2 Å². The molecule has 6 rings (SSSR count). The third kappa shape index (κ3) is 3.46. The Morgan fingerprint density at radius 3 is 2.34 bits per heavy atom. The lowest BCUT2D eigenvalue weighted by Gasteiger charge is -2.14. The van der Waals surface area contributed by atoms with Gasteiger partial charge in [-0.05, 0) is 71.7 Å². The maximum absolute atomic E-state index is 13.5. The lowest BCUT2D eigenvalue weighted by atomic mass is 9.94. The van der Waals surface area contributed by atoms with Gasteiger partial charge in [-0.3, -0.25) is 4.98 Å². The van der Waals surface area contributed by atoms with Crippen LogP contribution in [0.2, 0.25) is 0 Å². The summed E-state index contributed by atoms with van der Waals surface area (Å²) in [4.78, 5) is 4.39. The minimum atomic E-state index is -4.78. The minimum absolute atomic E-state index is 0.0478. The van der Waals surface area contributed by atoms with E-state index in [4.69, 9.17) is 12.6 Å². The summed E-state index contributed by atoms with van der Waals surface area (Å²) in [6.45, 7) is -5.67. The van der Waals surface area contributed by atoms with Crippen molar-refractivity contribution in [2.24, 2.45) is 0 Å². The highest BCUT2D eigenvalue weighted by atomic mass is 19.4. The molecule has 5 heteroatoms. The Morgan fingerprint density at radius 2 is 1.51 bits per heavy atom. The molecular formula is C30H20F3NO. The Hall–Kier alpha value is -4.12. The summed E-state index contributed by atoms with van der Waals surface area (Å²) in [5.41, 5.74) is -0.278. The number of nitrogens with zero attached hydrogens (tertiary/aromatic N) is 1. The van der Waals surface area contributed by atoms with Gasteiger partial charge in [0.15, 0.2) is 0 Å². The fourth-order valence-corrected chi connectivity index (χ4v) is 4.51. The molecule has 0 fully saturated rings. The van der Waals surface area contributed by atoms with Crippen LogP contribution in [0.5, 0.6) is 0 Å². The molecular weight excluding hydrogens is 447 g/mol. The highest BCUT2D eigenvalue weighted by Crippen LogP contribution is 2.40. The van der Waals surface area contributed by atoms with Crippen LogP contribution in [0.15, 0.2) is 89.5 Å². The Balaban J connectivity index is 1.63. The van der Waals surface area contributed by atoms with Crippen LogP contribution in [0.3, 0.4) is 0 Å². The van der Waals surface area contributed by atoms with E-state index in [9.17, 15) is 13.2 Å². The first kappa shape index (κ1) is 15.7. The van der Waals surface area contributed by atoms with Gasteiger partial charge in [0.2, 0.25) is 0 Å². The van der Waals surface area contributed by atoms with Crippen molar-refractivity contribution < 1.29 is 25.8 Å². The van der Waals surface area contributed by atoms with E-state index in [0.29, 0.717) is 22.8 Å². The van der Waals surface area contributed by atoms with Gasteiger partial charge in [0, 0.05) is 36.1 Å². The van der Waals surface area contributed by atoms with Crippen molar-refractivity contribution in [2.45, 2.75) is 19.9 Å². The number of fused-ring (bicyclic) bond motifs is 5. The Morgan fingerprint density at radius 1 is 0.714 bits per heavy atom. The molecule has 0 N–H and O–H groups in total. The molecule has 0 bridgehead atoms. The predicted octanol–water partition coefficient (Wildman–Crippen LogP) is 9.10. The molecule has 0 amide bonds. The summed E-state index contributed by atoms with van der Waals surface area (Å²) in [7, 11) is 0. The standard InChI is InChI=1S/C30H20F3NO/c1-17-14-20(30(31,32)33)11-13-21(17)26-15-27(34-16-18(26)2)25-9-5-8-23-24-12-10-19-6-3-4-7-22(19)28(24)35-29(23)25/h3-16H,1-2H3/i1D3,2D3. The molecule has 2 nitrogen and oxygen atoms in total. The number of pyridine rings is 1. The monoisotopic (exact) mass is 473 g/mol. The zero-order valence-electron chi connectivity index (χ0n) is 24.1. The van der Waals surface area contributed by atoms with Gasteiger partial charge in [-0.1, -0.05) is 48.5 Å². The van der Waals surface area contributed by atoms with Crippen molar-refractivity contribution in [1.29, 1.82) is 0 Å². The van der Waals surface area contributed by atoms with Crippen molar-refractivity contribution in [3.63, 3.8) is 0 Å². The highest BCUT2D eigenvalue weighted by Gasteiger charge is 2.30. The molecule has 0 aliphatic carbocycles. The first-order chi connectivity index (χ1) is 19.2. The SMILES string of the molecule is [2H]C([2H])([2H])c1cnc(-c2cccc3c2oc2c4ccccc4ccc32)cc1-c1ccc(C(F)(F)F)cc1C([2H])([2H])[2H]. The molecule has 0 radical (unpaired) electrons. The van der Waals surface area contributed by atoms with Crippen molar-refractivity contribution in [1.82, 2.24) is 4.98 Å². The van der Waals surface area contributed by atoms with E-state index in [2.05, 4.69) is 4.98 Å². The summed E-state index contributed by atoms with van der Waals surface area (Å²) < 4.78 is 94.8. The van der Waals surface area contributed by atoms with Gasteiger partial charge in [0.1, 0.15) is 11.2 Å². The maximum Gasteiger partial charge on any atom is 0.416 e. The summed E-state index contributed by atoms with van der Waals surface area (Å²) in [5.74, 6) is 0. The van der Waals surface area contributed by atoms with Crippen LogP contribution >= 0.6 is 0 Å². The van der Waals surface area contributed by atoms with Gasteiger partial charge >= 0.3 is 6.18 Å². The second-order valence-corrected chi connectivity index (χ2v) is 8.32. The van der Waals surface area contributed by atoms with Crippen LogP contribution in [0, 0.1) is 13.7 Å². The number of hydrogen-bond acceptors (Lipinski definition) is 2. The Bertz CT molecular complexity index is 1970. The first-order valence-electron chi connectivity index (χ1n) is 13.8. The summed E-state index contributed by atoms with van der Waals surface area (Å²) in [5, 5.41) is 3.56. The number of aromatic nitrogens is 1. The van der Waals surface area contributed by atoms with Crippen LogP contribution in [0.25, 0.3) is 55.1 Å². The molecule has 0 atom stereocenters. The Labute approximate surface area is 208 Å². The lowest BCUT2D eigenvalue weighted by Crippen LogP contribution is -2.05. The number of aryl methyl sites for hydroxylation is 2. The van der Waals surface area contributed by atoms with E-state index < -0.39 is 31.0 Å². The van der Waals surface area contributed by atoms with Crippen molar-refractivity contribution >= 4 is 32.7 Å². The zero-order valence-corrected chi connectivity index (χ0v) is 18.1. The fourth-order valence-electron chi connectivity index (χ4n) is 4.51. The minimum Gasteiger partial charge on any atom is -0.455 e. The number of rotatable bonds is 2. The van der Waals surface area contributed by atoms with E-state index in [1.807, 2.05) is 42.5 Å². The van der Waals surface area contributed by atoms with Gasteiger partial charge in [0.05, 0.1) is 11.3 Å². The van der Waals surface area contributed by atoms with Crippen LogP contribution in [-0.2, 0) is 6.18 Å². The second-order valence-electron chi connectivity index (χ2n) is 8.32. The Kier molecular flexibility index (Phi) is 3.46. The molecule has 0 unspecified atom stereocenters. The molecule has 2 heterocycles. The van der Waals surface area contributed by atoms with Gasteiger partial charge in [-0.15, -0.1) is 0 Å². The third-order valence-electron chi connectivity index (χ3n) is 6.21. The van der Waals surface area contributed by atoms with Crippen molar-refractivity contribution in [3.05, 3.63) is 102 Å². The van der Waals surface area contributed by atoms with Gasteiger partial charge in [0.25, 0.3) is 0 Å². The van der Waals surface area contributed by atoms with Gasteiger partial charge < -0.3 is 4.42 Å². The molecule has 0 aliphatic rings. The fraction of sp³-hybridized carbons (Fsp3) is 0.100. The molecule has 0 spiro atoms. The first-order valence-corrected chi connectivity index (χ1v) is 10.8. The molecule has 172 valence electrons. The second kappa shape index (κ2) is 7.70. The van der Waals surface area contributed by atoms with Crippen molar-refractivity contribution in [3.8, 4) is 22.4 Å². The van der Waals surface area contributed by atoms with Crippen LogP contribution in [0.4, 0.5) is 13.2 Å². The molecule has 6 aromatic rings. The van der Waals surface area contributed by atoms with Gasteiger partial charge in [-0.25, -0.2) is 0 Å². The number of alkyl halides is 3. The number of hydrogen-bond donors (Lipinski definition) is 0. The predicted molar refractivity (Wildman–Crippen MR) is 134 cm³/mol. The normalized spacial score (nSPS) is 15.4.